The Labute approximate surface area is 324 Å². The molecule has 15 N–H and O–H groups in total. The van der Waals surface area contributed by atoms with Crippen molar-refractivity contribution >= 4 is 5.91 Å². The summed E-state index contributed by atoms with van der Waals surface area (Å²) in [6, 6.07) is -1.73. The molecular formula is C32H55NO24. The van der Waals surface area contributed by atoms with Gasteiger partial charge in [-0.25, -0.2) is 0 Å². The van der Waals surface area contributed by atoms with Crippen LogP contribution in [0.25, 0.3) is 0 Å². The number of carbonyl (C=O) groups is 1. The topological polar surface area (TPSA) is 395 Å². The number of aliphatic hydroxyl groups excluding tert-OH is 14. The minimum Gasteiger partial charge on any atom is -0.394 e. The molecule has 0 aromatic heterocycles. The van der Waals surface area contributed by atoms with Gasteiger partial charge in [0.15, 0.2) is 31.5 Å². The van der Waals surface area contributed by atoms with Gasteiger partial charge in [0, 0.05) is 6.92 Å². The highest BCUT2D eigenvalue weighted by molar-refractivity contribution is 5.73. The molecular weight excluding hydrogens is 782 g/mol. The maximum absolute atomic E-state index is 12.8. The number of carbonyl (C=O) groups excluding carboxylic acids is 1. The number of amides is 1. The van der Waals surface area contributed by atoms with E-state index in [1.165, 1.54) is 13.8 Å². The van der Waals surface area contributed by atoms with Gasteiger partial charge in [0.2, 0.25) is 5.91 Å². The molecule has 0 saturated carbocycles. The smallest absolute Gasteiger partial charge is 0.217 e. The first-order valence-electron chi connectivity index (χ1n) is 18.3. The standard InChI is InChI=1S/C32H55NO24/c1-7-14(38)18(42)21(45)30(49-7)54-24-12(6-36)53-29(56-26-17(41)11(5-35)51-28(48)23(26)47)13(33-9(3)37)25(24)55-32-27(20(44)16(40)10(4-34)52-32)57-31-22(46)19(43)15(39)8(2)50-31/h7-8,10-32,34-36,38-48H,4-6H2,1-3H3,(H,33,37)/t7?,8?,10?,11?,12?,13?,14-,15-,16+,17+,18+,19+,20+,21?,22?,23?,24-,25-,26+,27?,28?,29-,30+,31+,32+/m1/s1. The lowest BCUT2D eigenvalue weighted by molar-refractivity contribution is -0.397. The number of ether oxygens (including phenoxy) is 9. The van der Waals surface area contributed by atoms with E-state index in [4.69, 9.17) is 42.6 Å². The van der Waals surface area contributed by atoms with Crippen LogP contribution in [-0.4, -0.2) is 251 Å². The van der Waals surface area contributed by atoms with Crippen LogP contribution in [0.4, 0.5) is 0 Å². The Morgan fingerprint density at radius 2 is 0.912 bits per heavy atom. The van der Waals surface area contributed by atoms with E-state index < -0.39 is 179 Å². The maximum atomic E-state index is 12.8. The molecule has 5 fully saturated rings. The van der Waals surface area contributed by atoms with Crippen molar-refractivity contribution in [2.75, 3.05) is 19.8 Å². The molecule has 5 aliphatic rings. The van der Waals surface area contributed by atoms with Gasteiger partial charge < -0.3 is 119 Å². The van der Waals surface area contributed by atoms with E-state index in [9.17, 15) is 76.3 Å². The van der Waals surface area contributed by atoms with Crippen molar-refractivity contribution in [3.05, 3.63) is 0 Å². The van der Waals surface area contributed by atoms with Gasteiger partial charge in [0.05, 0.1) is 32.0 Å². The molecule has 11 unspecified atom stereocenters. The van der Waals surface area contributed by atoms with Crippen LogP contribution in [0.2, 0.25) is 0 Å². The summed E-state index contributed by atoms with van der Waals surface area (Å²) in [5, 5.41) is 150. The Balaban J connectivity index is 1.56. The Morgan fingerprint density at radius 1 is 0.456 bits per heavy atom. The summed E-state index contributed by atoms with van der Waals surface area (Å²) < 4.78 is 51.9. The minimum atomic E-state index is -2.04. The minimum absolute atomic E-state index is 0.823. The van der Waals surface area contributed by atoms with Gasteiger partial charge in [0.25, 0.3) is 0 Å². The Kier molecular flexibility index (Phi) is 16.0. The molecule has 0 aliphatic carbocycles. The van der Waals surface area contributed by atoms with E-state index in [0.717, 1.165) is 6.92 Å². The molecule has 332 valence electrons. The predicted molar refractivity (Wildman–Crippen MR) is 175 cm³/mol. The largest absolute Gasteiger partial charge is 0.394 e. The van der Waals surface area contributed by atoms with Gasteiger partial charge in [0.1, 0.15) is 110 Å². The number of hydrogen-bond donors (Lipinski definition) is 15. The van der Waals surface area contributed by atoms with Gasteiger partial charge in [-0.1, -0.05) is 0 Å². The molecule has 0 aromatic carbocycles. The molecule has 25 atom stereocenters. The van der Waals surface area contributed by atoms with Crippen molar-refractivity contribution < 1.29 is 119 Å². The van der Waals surface area contributed by atoms with Gasteiger partial charge >= 0.3 is 0 Å². The molecule has 0 radical (unpaired) electrons. The fourth-order valence-corrected chi connectivity index (χ4v) is 7.29. The van der Waals surface area contributed by atoms with Crippen molar-refractivity contribution in [2.45, 2.75) is 174 Å². The second-order valence-electron chi connectivity index (χ2n) is 14.7. The summed E-state index contributed by atoms with van der Waals surface area (Å²) in [5.74, 6) is -0.823. The van der Waals surface area contributed by atoms with Crippen LogP contribution in [0.1, 0.15) is 20.8 Å². The van der Waals surface area contributed by atoms with E-state index in [1.54, 1.807) is 0 Å². The molecule has 5 aliphatic heterocycles. The molecule has 25 nitrogen and oxygen atoms in total. The normalized spacial score (nSPS) is 52.3. The summed E-state index contributed by atoms with van der Waals surface area (Å²) in [5.41, 5.74) is 0. The highest BCUT2D eigenvalue weighted by atomic mass is 16.8. The van der Waals surface area contributed by atoms with E-state index >= 15 is 0 Å². The van der Waals surface area contributed by atoms with E-state index in [1.807, 2.05) is 0 Å². The molecule has 0 spiro atoms. The van der Waals surface area contributed by atoms with E-state index in [0.29, 0.717) is 0 Å². The third kappa shape index (κ3) is 9.71. The zero-order chi connectivity index (χ0) is 42.2. The first-order valence-corrected chi connectivity index (χ1v) is 18.3. The molecule has 57 heavy (non-hydrogen) atoms. The van der Waals surface area contributed by atoms with Gasteiger partial charge in [-0.15, -0.1) is 0 Å². The van der Waals surface area contributed by atoms with Gasteiger partial charge in [-0.3, -0.25) is 4.79 Å². The second-order valence-corrected chi connectivity index (χ2v) is 14.7. The fraction of sp³-hybridized carbons (Fsp3) is 0.969. The Hall–Kier alpha value is -1.45. The average molecular weight is 838 g/mol. The maximum Gasteiger partial charge on any atom is 0.217 e. The first kappa shape index (κ1) is 46.6. The quantitative estimate of drug-likeness (QED) is 0.0867. The first-order chi connectivity index (χ1) is 26.8. The third-order valence-corrected chi connectivity index (χ3v) is 10.6. The summed E-state index contributed by atoms with van der Waals surface area (Å²) in [7, 11) is 0. The number of hydrogen-bond acceptors (Lipinski definition) is 24. The molecule has 0 bridgehead atoms. The van der Waals surface area contributed by atoms with Crippen molar-refractivity contribution in [3.63, 3.8) is 0 Å². The molecule has 25 heteroatoms. The lowest BCUT2D eigenvalue weighted by atomic mass is 9.93. The van der Waals surface area contributed by atoms with E-state index in [2.05, 4.69) is 5.32 Å². The highest BCUT2D eigenvalue weighted by Gasteiger charge is 2.58. The van der Waals surface area contributed by atoms with Gasteiger partial charge in [-0.2, -0.15) is 0 Å². The highest BCUT2D eigenvalue weighted by Crippen LogP contribution is 2.37. The molecule has 5 rings (SSSR count). The van der Waals surface area contributed by atoms with Crippen LogP contribution in [0.5, 0.6) is 0 Å². The number of rotatable bonds is 12. The summed E-state index contributed by atoms with van der Waals surface area (Å²) in [6.45, 7) is 0.922. The number of aliphatic hydroxyl groups is 14. The van der Waals surface area contributed by atoms with Crippen molar-refractivity contribution in [2.24, 2.45) is 0 Å². The van der Waals surface area contributed by atoms with Crippen molar-refractivity contribution in [1.29, 1.82) is 0 Å². The SMILES string of the molecule is CC(=O)NC1[C@@H](O[C@@H]2C(O)C(O)OC(CO)[C@@H]2O)OC(CO)[C@@H](O[C@@H]2OC(C)[C@@H](O)[C@H](O)C2O)[C@@H]1O[C@@H]1OC(CO)[C@H](O)[C@H](O)C1O[C@@H]1OC(C)[C@@H](O)[C@H](O)C1O. The van der Waals surface area contributed by atoms with Crippen LogP contribution >= 0.6 is 0 Å². The molecule has 0 aromatic rings. The lowest BCUT2D eigenvalue weighted by Crippen LogP contribution is -2.71. The Bertz CT molecular complexity index is 1290. The van der Waals surface area contributed by atoms with Crippen molar-refractivity contribution in [1.82, 2.24) is 5.32 Å². The molecule has 5 saturated heterocycles. The molecule has 1 amide bonds. The summed E-state index contributed by atoms with van der Waals surface area (Å²) in [4.78, 5) is 12.8. The lowest BCUT2D eigenvalue weighted by Gasteiger charge is -2.52. The van der Waals surface area contributed by atoms with Crippen LogP contribution in [0.3, 0.4) is 0 Å². The third-order valence-electron chi connectivity index (χ3n) is 10.6. The fourth-order valence-electron chi connectivity index (χ4n) is 7.29. The van der Waals surface area contributed by atoms with Crippen LogP contribution in [0, 0.1) is 0 Å². The Morgan fingerprint density at radius 3 is 1.42 bits per heavy atom. The number of nitrogens with one attached hydrogen (secondary N) is 1. The van der Waals surface area contributed by atoms with Crippen LogP contribution < -0.4 is 5.32 Å². The monoisotopic (exact) mass is 837 g/mol. The van der Waals surface area contributed by atoms with Crippen LogP contribution in [-0.2, 0) is 47.4 Å². The summed E-state index contributed by atoms with van der Waals surface area (Å²) >= 11 is 0. The zero-order valence-corrected chi connectivity index (χ0v) is 30.9. The van der Waals surface area contributed by atoms with Crippen molar-refractivity contribution in [3.8, 4) is 0 Å². The molecule has 5 heterocycles. The second kappa shape index (κ2) is 19.5. The predicted octanol–water partition coefficient (Wildman–Crippen LogP) is -9.73. The van der Waals surface area contributed by atoms with Gasteiger partial charge in [-0.05, 0) is 13.8 Å². The summed E-state index contributed by atoms with van der Waals surface area (Å²) in [6.07, 6.45) is -42.6. The average Bonchev–Trinajstić information content (AvgIpc) is 3.18. The zero-order valence-electron chi connectivity index (χ0n) is 30.9. The van der Waals surface area contributed by atoms with E-state index in [-0.39, 0.29) is 0 Å². The van der Waals surface area contributed by atoms with Crippen LogP contribution in [0.15, 0.2) is 0 Å².